The first-order valence-electron chi connectivity index (χ1n) is 7.19. The van der Waals surface area contributed by atoms with Crippen molar-refractivity contribution in [2.75, 3.05) is 0 Å². The Morgan fingerprint density at radius 3 is 2.58 bits per heavy atom. The minimum absolute atomic E-state index is 0.234. The minimum atomic E-state index is 0.234. The van der Waals surface area contributed by atoms with Crippen LogP contribution in [0.2, 0.25) is 0 Å². The molecule has 0 fully saturated rings. The summed E-state index contributed by atoms with van der Waals surface area (Å²) in [5.41, 5.74) is 8.66. The third kappa shape index (κ3) is 4.56. The van der Waals surface area contributed by atoms with Gasteiger partial charge in [-0.05, 0) is 43.9 Å². The molecule has 1 aromatic heterocycles. The average molecular weight is 256 g/mol. The number of rotatable bonds is 7. The number of nitrogens with zero attached hydrogens (tertiary/aromatic N) is 1. The molecule has 0 aliphatic rings. The smallest absolute Gasteiger partial charge is 0.0222 e. The molecule has 0 aliphatic carbocycles. The van der Waals surface area contributed by atoms with Crippen LogP contribution < -0.4 is 5.73 Å². The van der Waals surface area contributed by atoms with E-state index in [-0.39, 0.29) is 6.04 Å². The van der Waals surface area contributed by atoms with Crippen LogP contribution in [-0.4, -0.2) is 10.6 Å². The Kier molecular flexibility index (Phi) is 5.22. The first kappa shape index (κ1) is 13.9. The van der Waals surface area contributed by atoms with Crippen molar-refractivity contribution in [1.29, 1.82) is 0 Å². The quantitative estimate of drug-likeness (QED) is 0.756. The van der Waals surface area contributed by atoms with E-state index in [2.05, 4.69) is 60.2 Å². The number of hydrogen-bond acceptors (Lipinski definition) is 1. The summed E-state index contributed by atoms with van der Waals surface area (Å²) in [6.45, 7) is 3.16. The van der Waals surface area contributed by atoms with Crippen molar-refractivity contribution < 1.29 is 0 Å². The predicted octanol–water partition coefficient (Wildman–Crippen LogP) is 3.40. The molecule has 0 saturated carbocycles. The maximum Gasteiger partial charge on any atom is 0.0222 e. The summed E-state index contributed by atoms with van der Waals surface area (Å²) in [4.78, 5) is 0. The van der Waals surface area contributed by atoms with E-state index < -0.39 is 0 Å². The van der Waals surface area contributed by atoms with Crippen molar-refractivity contribution in [2.24, 2.45) is 5.73 Å². The number of hydrogen-bond donors (Lipinski definition) is 1. The normalized spacial score (nSPS) is 12.5. The highest BCUT2D eigenvalue weighted by Gasteiger charge is 2.03. The molecule has 2 aromatic rings. The molecule has 0 saturated heterocycles. The summed E-state index contributed by atoms with van der Waals surface area (Å²) in [6, 6.07) is 15.2. The molecule has 0 aliphatic heterocycles. The van der Waals surface area contributed by atoms with Gasteiger partial charge in [0.2, 0.25) is 0 Å². The second-order valence-electron chi connectivity index (χ2n) is 5.32. The third-order valence-electron chi connectivity index (χ3n) is 3.41. The van der Waals surface area contributed by atoms with Crippen LogP contribution in [0, 0.1) is 0 Å². The van der Waals surface area contributed by atoms with E-state index in [1.807, 2.05) is 0 Å². The van der Waals surface area contributed by atoms with Gasteiger partial charge in [-0.15, -0.1) is 0 Å². The molecule has 2 nitrogen and oxygen atoms in total. The SMILES string of the molecule is CC(N)Cc1cccn1CCCCc1ccccc1. The van der Waals surface area contributed by atoms with Crippen molar-refractivity contribution in [3.63, 3.8) is 0 Å². The van der Waals surface area contributed by atoms with E-state index >= 15 is 0 Å². The second kappa shape index (κ2) is 7.15. The molecule has 2 rings (SSSR count). The molecular weight excluding hydrogens is 232 g/mol. The maximum atomic E-state index is 5.87. The monoisotopic (exact) mass is 256 g/mol. The Morgan fingerprint density at radius 2 is 1.84 bits per heavy atom. The molecule has 0 radical (unpaired) electrons. The van der Waals surface area contributed by atoms with Crippen LogP contribution in [0.3, 0.4) is 0 Å². The van der Waals surface area contributed by atoms with E-state index in [4.69, 9.17) is 5.73 Å². The zero-order valence-corrected chi connectivity index (χ0v) is 11.8. The fourth-order valence-electron chi connectivity index (χ4n) is 2.44. The molecule has 0 spiro atoms. The molecular formula is C17H24N2. The van der Waals surface area contributed by atoms with Crippen molar-refractivity contribution in [3.05, 3.63) is 59.9 Å². The summed E-state index contributed by atoms with van der Waals surface area (Å²) in [7, 11) is 0. The van der Waals surface area contributed by atoms with Gasteiger partial charge < -0.3 is 10.3 Å². The summed E-state index contributed by atoms with van der Waals surface area (Å²) in [6.07, 6.45) is 6.76. The van der Waals surface area contributed by atoms with Crippen LogP contribution in [0.5, 0.6) is 0 Å². The van der Waals surface area contributed by atoms with Crippen LogP contribution >= 0.6 is 0 Å². The number of aromatic nitrogens is 1. The predicted molar refractivity (Wildman–Crippen MR) is 81.2 cm³/mol. The van der Waals surface area contributed by atoms with Crippen molar-refractivity contribution in [2.45, 2.75) is 45.2 Å². The lowest BCUT2D eigenvalue weighted by Crippen LogP contribution is -2.19. The molecule has 0 bridgehead atoms. The fourth-order valence-corrected chi connectivity index (χ4v) is 2.44. The summed E-state index contributed by atoms with van der Waals surface area (Å²) >= 11 is 0. The summed E-state index contributed by atoms with van der Waals surface area (Å²) in [5.74, 6) is 0. The lowest BCUT2D eigenvalue weighted by molar-refractivity contribution is 0.577. The Hall–Kier alpha value is -1.54. The molecule has 1 unspecified atom stereocenters. The van der Waals surface area contributed by atoms with Crippen molar-refractivity contribution in [3.8, 4) is 0 Å². The van der Waals surface area contributed by atoms with Gasteiger partial charge in [0.05, 0.1) is 0 Å². The van der Waals surface area contributed by atoms with Gasteiger partial charge in [0.15, 0.2) is 0 Å². The highest BCUT2D eigenvalue weighted by Crippen LogP contribution is 2.09. The zero-order valence-electron chi connectivity index (χ0n) is 11.8. The lowest BCUT2D eigenvalue weighted by atomic mass is 10.1. The maximum absolute atomic E-state index is 5.87. The van der Waals surface area contributed by atoms with E-state index in [1.165, 1.54) is 30.5 Å². The van der Waals surface area contributed by atoms with Gasteiger partial charge in [-0.1, -0.05) is 30.3 Å². The van der Waals surface area contributed by atoms with Crippen LogP contribution in [0.15, 0.2) is 48.7 Å². The van der Waals surface area contributed by atoms with Crippen LogP contribution in [0.4, 0.5) is 0 Å². The third-order valence-corrected chi connectivity index (χ3v) is 3.41. The van der Waals surface area contributed by atoms with Crippen molar-refractivity contribution >= 4 is 0 Å². The number of benzene rings is 1. The van der Waals surface area contributed by atoms with Crippen LogP contribution in [0.1, 0.15) is 31.0 Å². The largest absolute Gasteiger partial charge is 0.351 e. The van der Waals surface area contributed by atoms with Gasteiger partial charge >= 0.3 is 0 Å². The zero-order chi connectivity index (χ0) is 13.5. The second-order valence-corrected chi connectivity index (χ2v) is 5.32. The Labute approximate surface area is 116 Å². The molecule has 1 heterocycles. The summed E-state index contributed by atoms with van der Waals surface area (Å²) < 4.78 is 2.34. The number of aryl methyl sites for hydroxylation is 2. The van der Waals surface area contributed by atoms with E-state index in [0.717, 1.165) is 13.0 Å². The number of unbranched alkanes of at least 4 members (excludes halogenated alkanes) is 1. The van der Waals surface area contributed by atoms with E-state index in [1.54, 1.807) is 0 Å². The fraction of sp³-hybridized carbons (Fsp3) is 0.412. The molecule has 19 heavy (non-hydrogen) atoms. The highest BCUT2D eigenvalue weighted by atomic mass is 15.0. The first-order valence-corrected chi connectivity index (χ1v) is 7.19. The first-order chi connectivity index (χ1) is 9.25. The van der Waals surface area contributed by atoms with Gasteiger partial charge in [0, 0.05) is 30.9 Å². The van der Waals surface area contributed by atoms with Crippen molar-refractivity contribution in [1.82, 2.24) is 4.57 Å². The summed E-state index contributed by atoms with van der Waals surface area (Å²) in [5, 5.41) is 0. The average Bonchev–Trinajstić information content (AvgIpc) is 2.82. The molecule has 2 N–H and O–H groups in total. The Bertz CT molecular complexity index is 471. The van der Waals surface area contributed by atoms with Crippen LogP contribution in [0.25, 0.3) is 0 Å². The van der Waals surface area contributed by atoms with Gasteiger partial charge in [0.1, 0.15) is 0 Å². The van der Waals surface area contributed by atoms with Gasteiger partial charge in [0.25, 0.3) is 0 Å². The lowest BCUT2D eigenvalue weighted by Gasteiger charge is -2.11. The standard InChI is InChI=1S/C17H24N2/c1-15(18)14-17-11-7-13-19(17)12-6-5-10-16-8-3-2-4-9-16/h2-4,7-9,11,13,15H,5-6,10,12,14,18H2,1H3. The molecule has 2 heteroatoms. The van der Waals surface area contributed by atoms with E-state index in [0.29, 0.717) is 0 Å². The molecule has 1 atom stereocenters. The molecule has 1 aromatic carbocycles. The Balaban J connectivity index is 1.75. The highest BCUT2D eigenvalue weighted by molar-refractivity contribution is 5.14. The Morgan fingerprint density at radius 1 is 1.05 bits per heavy atom. The van der Waals surface area contributed by atoms with Gasteiger partial charge in [-0.3, -0.25) is 0 Å². The van der Waals surface area contributed by atoms with E-state index in [9.17, 15) is 0 Å². The topological polar surface area (TPSA) is 30.9 Å². The minimum Gasteiger partial charge on any atom is -0.351 e. The number of nitrogens with two attached hydrogens (primary N) is 1. The van der Waals surface area contributed by atoms with Gasteiger partial charge in [-0.2, -0.15) is 0 Å². The molecule has 102 valence electrons. The van der Waals surface area contributed by atoms with Gasteiger partial charge in [-0.25, -0.2) is 0 Å². The van der Waals surface area contributed by atoms with Crippen LogP contribution in [-0.2, 0) is 19.4 Å². The molecule has 0 amide bonds.